The van der Waals surface area contributed by atoms with E-state index in [1.807, 2.05) is 6.07 Å². The van der Waals surface area contributed by atoms with Crippen LogP contribution in [0.5, 0.6) is 0 Å². The third kappa shape index (κ3) is 3.36. The molecule has 0 aliphatic carbocycles. The maximum absolute atomic E-state index is 13.4. The number of likely N-dealkylation sites (tertiary alicyclic amines) is 1. The summed E-state index contributed by atoms with van der Waals surface area (Å²) in [7, 11) is 2.15. The number of hydrogen-bond acceptors (Lipinski definition) is 2. The van der Waals surface area contributed by atoms with Crippen LogP contribution in [-0.2, 0) is 0 Å². The van der Waals surface area contributed by atoms with Crippen molar-refractivity contribution in [2.75, 3.05) is 25.5 Å². The molecule has 2 nitrogen and oxygen atoms in total. The minimum absolute atomic E-state index is 0.172. The number of rotatable bonds is 3. The van der Waals surface area contributed by atoms with Gasteiger partial charge in [-0.25, -0.2) is 4.39 Å². The number of benzene rings is 1. The zero-order valence-corrected chi connectivity index (χ0v) is 11.7. The molecule has 1 fully saturated rings. The molecule has 2 unspecified atom stereocenters. The highest BCUT2D eigenvalue weighted by Crippen LogP contribution is 2.23. The second-order valence-electron chi connectivity index (χ2n) is 5.23. The molecule has 1 heterocycles. The summed E-state index contributed by atoms with van der Waals surface area (Å²) >= 11 is 5.68. The van der Waals surface area contributed by atoms with E-state index in [1.165, 1.54) is 25.5 Å². The van der Waals surface area contributed by atoms with Crippen LogP contribution in [0, 0.1) is 11.7 Å². The van der Waals surface area contributed by atoms with Gasteiger partial charge in [-0.2, -0.15) is 0 Å². The van der Waals surface area contributed by atoms with E-state index in [4.69, 9.17) is 11.6 Å². The number of anilines is 1. The van der Waals surface area contributed by atoms with E-state index in [2.05, 4.69) is 24.2 Å². The molecule has 0 saturated carbocycles. The molecule has 4 heteroatoms. The highest BCUT2D eigenvalue weighted by Gasteiger charge is 2.22. The summed E-state index contributed by atoms with van der Waals surface area (Å²) < 4.78 is 13.4. The predicted molar refractivity (Wildman–Crippen MR) is 74.7 cm³/mol. The number of hydrogen-bond donors (Lipinski definition) is 1. The molecule has 2 rings (SSSR count). The predicted octanol–water partition coefficient (Wildman–Crippen LogP) is 3.62. The van der Waals surface area contributed by atoms with E-state index in [-0.39, 0.29) is 10.8 Å². The number of nitrogens with one attached hydrogen (secondary N) is 1. The van der Waals surface area contributed by atoms with Crippen molar-refractivity contribution in [1.82, 2.24) is 4.90 Å². The fraction of sp³-hybridized carbons (Fsp3) is 0.571. The first-order chi connectivity index (χ1) is 8.56. The van der Waals surface area contributed by atoms with Crippen molar-refractivity contribution in [2.45, 2.75) is 25.8 Å². The minimum Gasteiger partial charge on any atom is -0.382 e. The summed E-state index contributed by atoms with van der Waals surface area (Å²) in [4.78, 5) is 2.36. The Kier molecular flexibility index (Phi) is 4.46. The molecular weight excluding hydrogens is 251 g/mol. The Labute approximate surface area is 113 Å². The van der Waals surface area contributed by atoms with Gasteiger partial charge in [0.2, 0.25) is 0 Å². The Morgan fingerprint density at radius 2 is 2.28 bits per heavy atom. The molecule has 18 heavy (non-hydrogen) atoms. The fourth-order valence-corrected chi connectivity index (χ4v) is 2.70. The molecule has 2 atom stereocenters. The van der Waals surface area contributed by atoms with Gasteiger partial charge in [-0.15, -0.1) is 0 Å². The van der Waals surface area contributed by atoms with Gasteiger partial charge in [0.05, 0.1) is 5.02 Å². The Hall–Kier alpha value is -0.800. The molecule has 1 aliphatic heterocycles. The van der Waals surface area contributed by atoms with Gasteiger partial charge >= 0.3 is 0 Å². The van der Waals surface area contributed by atoms with Crippen LogP contribution in [-0.4, -0.2) is 31.1 Å². The molecule has 0 bridgehead atoms. The lowest BCUT2D eigenvalue weighted by Gasteiger charge is -2.34. The second kappa shape index (κ2) is 5.89. The van der Waals surface area contributed by atoms with Crippen LogP contribution in [0.2, 0.25) is 5.02 Å². The van der Waals surface area contributed by atoms with Crippen molar-refractivity contribution in [1.29, 1.82) is 0 Å². The first kappa shape index (κ1) is 13.6. The quantitative estimate of drug-likeness (QED) is 0.902. The summed E-state index contributed by atoms with van der Waals surface area (Å²) in [6.07, 6.45) is 2.47. The van der Waals surface area contributed by atoms with Gasteiger partial charge in [-0.3, -0.25) is 0 Å². The summed E-state index contributed by atoms with van der Waals surface area (Å²) in [5, 5.41) is 3.55. The van der Waals surface area contributed by atoms with E-state index in [1.54, 1.807) is 6.07 Å². The van der Waals surface area contributed by atoms with Crippen LogP contribution >= 0.6 is 11.6 Å². The van der Waals surface area contributed by atoms with Gasteiger partial charge in [0, 0.05) is 18.3 Å². The molecule has 0 aromatic heterocycles. The minimum atomic E-state index is -0.366. The Morgan fingerprint density at radius 3 is 2.94 bits per heavy atom. The normalized spacial score (nSPS) is 22.8. The monoisotopic (exact) mass is 270 g/mol. The summed E-state index contributed by atoms with van der Waals surface area (Å²) in [6, 6.07) is 5.23. The van der Waals surface area contributed by atoms with E-state index in [0.717, 1.165) is 12.2 Å². The molecule has 1 aromatic rings. The zero-order valence-electron chi connectivity index (χ0n) is 10.9. The highest BCUT2D eigenvalue weighted by atomic mass is 35.5. The van der Waals surface area contributed by atoms with Gasteiger partial charge in [-0.1, -0.05) is 11.6 Å². The van der Waals surface area contributed by atoms with Crippen molar-refractivity contribution in [3.63, 3.8) is 0 Å². The molecule has 1 N–H and O–H groups in total. The lowest BCUT2D eigenvalue weighted by molar-refractivity contribution is 0.197. The maximum Gasteiger partial charge on any atom is 0.143 e. The first-order valence-corrected chi connectivity index (χ1v) is 6.84. The van der Waals surface area contributed by atoms with Crippen LogP contribution in [0.15, 0.2) is 18.2 Å². The largest absolute Gasteiger partial charge is 0.382 e. The van der Waals surface area contributed by atoms with E-state index in [0.29, 0.717) is 12.0 Å². The molecule has 1 aromatic carbocycles. The fourth-order valence-electron chi connectivity index (χ4n) is 2.58. The zero-order chi connectivity index (χ0) is 13.1. The topological polar surface area (TPSA) is 15.3 Å². The average Bonchev–Trinajstić information content (AvgIpc) is 2.34. The summed E-state index contributed by atoms with van der Waals surface area (Å²) in [5.41, 5.74) is 0.803. The van der Waals surface area contributed by atoms with Crippen LogP contribution < -0.4 is 5.32 Å². The van der Waals surface area contributed by atoms with E-state index < -0.39 is 0 Å². The standard InChI is InChI=1S/C14H20ClFN2/c1-10(11-4-3-7-18(2)9-11)17-12-5-6-13(15)14(16)8-12/h5-6,8,10-11,17H,3-4,7,9H2,1-2H3. The summed E-state index contributed by atoms with van der Waals surface area (Å²) in [6.45, 7) is 4.44. The molecule has 0 amide bonds. The number of piperidine rings is 1. The highest BCUT2D eigenvalue weighted by molar-refractivity contribution is 6.30. The molecule has 100 valence electrons. The van der Waals surface area contributed by atoms with Crippen LogP contribution in [0.1, 0.15) is 19.8 Å². The van der Waals surface area contributed by atoms with Gasteiger partial charge in [0.1, 0.15) is 5.82 Å². The van der Waals surface area contributed by atoms with Crippen molar-refractivity contribution >= 4 is 17.3 Å². The van der Waals surface area contributed by atoms with Gasteiger partial charge in [0.15, 0.2) is 0 Å². The van der Waals surface area contributed by atoms with Gasteiger partial charge < -0.3 is 10.2 Å². The smallest absolute Gasteiger partial charge is 0.143 e. The maximum atomic E-state index is 13.4. The van der Waals surface area contributed by atoms with Crippen molar-refractivity contribution in [3.05, 3.63) is 29.0 Å². The molecule has 1 aliphatic rings. The first-order valence-electron chi connectivity index (χ1n) is 6.46. The van der Waals surface area contributed by atoms with Crippen LogP contribution in [0.4, 0.5) is 10.1 Å². The third-order valence-electron chi connectivity index (χ3n) is 3.68. The Bertz CT molecular complexity index is 411. The van der Waals surface area contributed by atoms with Gasteiger partial charge in [-0.05, 0) is 57.5 Å². The van der Waals surface area contributed by atoms with Crippen molar-refractivity contribution < 1.29 is 4.39 Å². The SMILES string of the molecule is CC(Nc1ccc(Cl)c(F)c1)C1CCCN(C)C1. The molecule has 1 saturated heterocycles. The number of halogens is 2. The van der Waals surface area contributed by atoms with Gasteiger partial charge in [0.25, 0.3) is 0 Å². The lowest BCUT2D eigenvalue weighted by Crippen LogP contribution is -2.39. The average molecular weight is 271 g/mol. The van der Waals surface area contributed by atoms with E-state index in [9.17, 15) is 4.39 Å². The Balaban J connectivity index is 1.97. The van der Waals surface area contributed by atoms with Crippen molar-refractivity contribution in [3.8, 4) is 0 Å². The number of nitrogens with zero attached hydrogens (tertiary/aromatic N) is 1. The molecule has 0 radical (unpaired) electrons. The van der Waals surface area contributed by atoms with Crippen LogP contribution in [0.25, 0.3) is 0 Å². The van der Waals surface area contributed by atoms with Crippen molar-refractivity contribution in [2.24, 2.45) is 5.92 Å². The molecular formula is C14H20ClFN2. The van der Waals surface area contributed by atoms with Crippen LogP contribution in [0.3, 0.4) is 0 Å². The molecule has 0 spiro atoms. The van der Waals surface area contributed by atoms with E-state index >= 15 is 0 Å². The lowest BCUT2D eigenvalue weighted by atomic mass is 9.92. The summed E-state index contributed by atoms with van der Waals surface area (Å²) in [5.74, 6) is 0.247. The third-order valence-corrected chi connectivity index (χ3v) is 3.99. The Morgan fingerprint density at radius 1 is 1.50 bits per heavy atom. The second-order valence-corrected chi connectivity index (χ2v) is 5.63.